The summed E-state index contributed by atoms with van der Waals surface area (Å²) in [5.41, 5.74) is -1.68. The maximum absolute atomic E-state index is 14.6. The van der Waals surface area contributed by atoms with E-state index >= 15 is 0 Å². The van der Waals surface area contributed by atoms with Gasteiger partial charge in [0.05, 0.1) is 12.6 Å². The number of hydrogen-bond donors (Lipinski definition) is 1. The summed E-state index contributed by atoms with van der Waals surface area (Å²) in [6.45, 7) is 1.15. The summed E-state index contributed by atoms with van der Waals surface area (Å²) in [5, 5.41) is 19.5. The van der Waals surface area contributed by atoms with Crippen molar-refractivity contribution in [2.45, 2.75) is 31.8 Å². The van der Waals surface area contributed by atoms with Crippen molar-refractivity contribution in [3.8, 4) is 11.3 Å². The van der Waals surface area contributed by atoms with Gasteiger partial charge in [0.2, 0.25) is 0 Å². The third-order valence-electron chi connectivity index (χ3n) is 5.18. The highest BCUT2D eigenvalue weighted by molar-refractivity contribution is 6.30. The Labute approximate surface area is 191 Å². The molecule has 0 radical (unpaired) electrons. The fraction of sp³-hybridized carbons (Fsp3) is 0.227. The first-order valence-corrected chi connectivity index (χ1v) is 10.2. The second kappa shape index (κ2) is 9.34. The first-order valence-electron chi connectivity index (χ1n) is 9.79. The highest BCUT2D eigenvalue weighted by atomic mass is 35.5. The molecule has 0 aliphatic rings. The van der Waals surface area contributed by atoms with Gasteiger partial charge in [-0.1, -0.05) is 22.8 Å². The molecule has 2 atom stereocenters. The van der Waals surface area contributed by atoms with E-state index in [0.29, 0.717) is 6.07 Å². The second-order valence-corrected chi connectivity index (χ2v) is 7.83. The van der Waals surface area contributed by atoms with Crippen molar-refractivity contribution in [2.75, 3.05) is 0 Å². The van der Waals surface area contributed by atoms with Crippen molar-refractivity contribution in [3.63, 3.8) is 0 Å². The van der Waals surface area contributed by atoms with E-state index in [0.717, 1.165) is 18.2 Å². The molecule has 0 amide bonds. The number of ether oxygens (including phenoxy) is 1. The largest absolute Gasteiger partial charge is 0.380 e. The molecule has 0 spiro atoms. The molecule has 7 nitrogen and oxygen atoms in total. The van der Waals surface area contributed by atoms with Crippen LogP contribution in [0.15, 0.2) is 59.6 Å². The van der Waals surface area contributed by atoms with Crippen molar-refractivity contribution >= 4 is 11.6 Å². The standard InChI is InChI=1S/C22H18ClF3N4O3/c1-13(32-9-16-8-21(29-33-16)17-4-2-14(23)6-19(17)25)22(31,10-30-12-27-11-28-30)18-5-3-15(24)7-20(18)26/h2-8,11-13,31H,9-10H2,1H3/t13-,22-/m1/s1. The Morgan fingerprint density at radius 3 is 2.67 bits per heavy atom. The van der Waals surface area contributed by atoms with E-state index in [1.165, 1.54) is 42.5 Å². The van der Waals surface area contributed by atoms with Gasteiger partial charge < -0.3 is 14.4 Å². The van der Waals surface area contributed by atoms with Crippen LogP contribution in [-0.2, 0) is 23.5 Å². The van der Waals surface area contributed by atoms with Crippen LogP contribution < -0.4 is 0 Å². The molecule has 0 unspecified atom stereocenters. The van der Waals surface area contributed by atoms with Crippen molar-refractivity contribution in [1.29, 1.82) is 0 Å². The highest BCUT2D eigenvalue weighted by Gasteiger charge is 2.40. The van der Waals surface area contributed by atoms with Gasteiger partial charge in [-0.05, 0) is 31.2 Å². The third-order valence-corrected chi connectivity index (χ3v) is 5.42. The van der Waals surface area contributed by atoms with Gasteiger partial charge in [-0.15, -0.1) is 0 Å². The van der Waals surface area contributed by atoms with E-state index in [2.05, 4.69) is 15.2 Å². The van der Waals surface area contributed by atoms with Crippen LogP contribution in [0.5, 0.6) is 0 Å². The van der Waals surface area contributed by atoms with E-state index in [-0.39, 0.29) is 40.8 Å². The molecule has 2 aromatic carbocycles. The lowest BCUT2D eigenvalue weighted by Crippen LogP contribution is -2.44. The maximum Gasteiger partial charge on any atom is 0.163 e. The predicted molar refractivity (Wildman–Crippen MR) is 111 cm³/mol. The lowest BCUT2D eigenvalue weighted by molar-refractivity contribution is -0.126. The van der Waals surface area contributed by atoms with Crippen molar-refractivity contribution < 1.29 is 27.5 Å². The number of halogens is 4. The van der Waals surface area contributed by atoms with E-state index in [9.17, 15) is 18.3 Å². The number of benzene rings is 2. The molecular formula is C22H18ClF3N4O3. The molecule has 0 bridgehead atoms. The summed E-state index contributed by atoms with van der Waals surface area (Å²) < 4.78 is 54.4. The smallest absolute Gasteiger partial charge is 0.163 e. The van der Waals surface area contributed by atoms with E-state index in [1.807, 2.05) is 0 Å². The van der Waals surface area contributed by atoms with Crippen LogP contribution >= 0.6 is 11.6 Å². The number of rotatable bonds is 8. The van der Waals surface area contributed by atoms with Crippen molar-refractivity contribution in [3.05, 3.63) is 88.9 Å². The van der Waals surface area contributed by atoms with Gasteiger partial charge in [0, 0.05) is 28.3 Å². The SMILES string of the molecule is C[C@@H](OCc1cc(-c2ccc(Cl)cc2F)no1)[C@](O)(Cn1cncn1)c1ccc(F)cc1F. The molecule has 0 aliphatic carbocycles. The Morgan fingerprint density at radius 1 is 1.15 bits per heavy atom. The average Bonchev–Trinajstić information content (AvgIpc) is 3.44. The monoisotopic (exact) mass is 478 g/mol. The summed E-state index contributed by atoms with van der Waals surface area (Å²) in [6, 6.07) is 8.50. The minimum absolute atomic E-state index is 0.161. The Hall–Kier alpha value is -3.21. The molecule has 0 saturated carbocycles. The second-order valence-electron chi connectivity index (χ2n) is 7.40. The Bertz CT molecular complexity index is 1250. The topological polar surface area (TPSA) is 86.2 Å². The molecule has 0 fully saturated rings. The van der Waals surface area contributed by atoms with E-state index in [1.54, 1.807) is 0 Å². The molecule has 0 saturated heterocycles. The zero-order valence-electron chi connectivity index (χ0n) is 17.3. The molecule has 4 rings (SSSR count). The summed E-state index contributed by atoms with van der Waals surface area (Å²) in [5.74, 6) is -2.04. The minimum atomic E-state index is -1.93. The third kappa shape index (κ3) is 4.92. The van der Waals surface area contributed by atoms with Crippen LogP contribution in [0, 0.1) is 17.5 Å². The van der Waals surface area contributed by atoms with Crippen LogP contribution in [0.2, 0.25) is 5.02 Å². The summed E-state index contributed by atoms with van der Waals surface area (Å²) in [7, 11) is 0. The quantitative estimate of drug-likeness (QED) is 0.401. The molecule has 11 heteroatoms. The zero-order valence-corrected chi connectivity index (χ0v) is 18.0. The van der Waals surface area contributed by atoms with Gasteiger partial charge in [-0.2, -0.15) is 5.10 Å². The lowest BCUT2D eigenvalue weighted by atomic mass is 9.88. The zero-order chi connectivity index (χ0) is 23.6. The molecule has 0 aliphatic heterocycles. The molecule has 4 aromatic rings. The first-order chi connectivity index (χ1) is 15.8. The Morgan fingerprint density at radius 2 is 1.97 bits per heavy atom. The van der Waals surface area contributed by atoms with Gasteiger partial charge in [-0.3, -0.25) is 0 Å². The molecule has 2 heterocycles. The minimum Gasteiger partial charge on any atom is -0.380 e. The molecule has 2 aromatic heterocycles. The fourth-order valence-corrected chi connectivity index (χ4v) is 3.54. The fourth-order valence-electron chi connectivity index (χ4n) is 3.38. The normalized spacial score (nSPS) is 14.2. The molecule has 33 heavy (non-hydrogen) atoms. The molecule has 172 valence electrons. The van der Waals surface area contributed by atoms with Crippen molar-refractivity contribution in [2.24, 2.45) is 0 Å². The molecular weight excluding hydrogens is 461 g/mol. The Balaban J connectivity index is 1.55. The maximum atomic E-state index is 14.6. The summed E-state index contributed by atoms with van der Waals surface area (Å²) >= 11 is 5.77. The highest BCUT2D eigenvalue weighted by Crippen LogP contribution is 2.32. The van der Waals surface area contributed by atoms with Gasteiger partial charge in [0.15, 0.2) is 5.76 Å². The van der Waals surface area contributed by atoms with Gasteiger partial charge in [0.1, 0.15) is 48.0 Å². The number of aromatic nitrogens is 4. The van der Waals surface area contributed by atoms with E-state index < -0.39 is 29.2 Å². The summed E-state index contributed by atoms with van der Waals surface area (Å²) in [4.78, 5) is 3.82. The average molecular weight is 479 g/mol. The predicted octanol–water partition coefficient (Wildman–Crippen LogP) is 4.50. The van der Waals surface area contributed by atoms with Crippen LogP contribution in [0.1, 0.15) is 18.2 Å². The van der Waals surface area contributed by atoms with Crippen LogP contribution in [0.3, 0.4) is 0 Å². The van der Waals surface area contributed by atoms with Crippen molar-refractivity contribution in [1.82, 2.24) is 19.9 Å². The van der Waals surface area contributed by atoms with Gasteiger partial charge >= 0.3 is 0 Å². The van der Waals surface area contributed by atoms with Crippen LogP contribution in [-0.4, -0.2) is 31.1 Å². The number of aliphatic hydroxyl groups is 1. The Kier molecular flexibility index (Phi) is 6.50. The number of hydrogen-bond acceptors (Lipinski definition) is 6. The van der Waals surface area contributed by atoms with Gasteiger partial charge in [0.25, 0.3) is 0 Å². The van der Waals surface area contributed by atoms with E-state index in [4.69, 9.17) is 20.9 Å². The number of nitrogens with zero attached hydrogens (tertiary/aromatic N) is 4. The summed E-state index contributed by atoms with van der Waals surface area (Å²) in [6.07, 6.45) is 1.60. The molecule has 1 N–H and O–H groups in total. The lowest BCUT2D eigenvalue weighted by Gasteiger charge is -2.34. The van der Waals surface area contributed by atoms with Gasteiger partial charge in [-0.25, -0.2) is 22.8 Å². The first kappa shape index (κ1) is 23.0. The van der Waals surface area contributed by atoms with Crippen LogP contribution in [0.25, 0.3) is 11.3 Å². The van der Waals surface area contributed by atoms with Crippen LogP contribution in [0.4, 0.5) is 13.2 Å².